The average molecular weight is 493 g/mol. The summed E-state index contributed by atoms with van der Waals surface area (Å²) in [5.41, 5.74) is 1.50. The molecule has 0 aliphatic heterocycles. The van der Waals surface area contributed by atoms with Crippen LogP contribution in [0.4, 0.5) is 13.2 Å². The van der Waals surface area contributed by atoms with Gasteiger partial charge in [0.1, 0.15) is 0 Å². The van der Waals surface area contributed by atoms with Crippen LogP contribution in [-0.2, 0) is 12.7 Å². The van der Waals surface area contributed by atoms with Gasteiger partial charge in [0.15, 0.2) is 0 Å². The molecule has 10 heteroatoms. The number of rotatable bonds is 6. The molecule has 0 spiro atoms. The molecule has 0 fully saturated rings. The molecule has 4 rings (SSSR count). The second-order valence-electron chi connectivity index (χ2n) is 8.18. The van der Waals surface area contributed by atoms with Crippen LogP contribution in [0.2, 0.25) is 0 Å². The van der Waals surface area contributed by atoms with Gasteiger partial charge in [-0.1, -0.05) is 12.1 Å². The molecule has 0 unspecified atom stereocenters. The summed E-state index contributed by atoms with van der Waals surface area (Å²) in [4.78, 5) is 14.7. The molecular weight excluding hydrogens is 469 g/mol. The highest BCUT2D eigenvalue weighted by atomic mass is 35.5. The first-order chi connectivity index (χ1) is 15.6. The van der Waals surface area contributed by atoms with Gasteiger partial charge in [0.25, 0.3) is 5.56 Å². The number of benzene rings is 2. The fourth-order valence-electron chi connectivity index (χ4n) is 3.77. The number of fused-ring (bicyclic) bond motifs is 1. The van der Waals surface area contributed by atoms with E-state index >= 15 is 0 Å². The predicted molar refractivity (Wildman–Crippen MR) is 128 cm³/mol. The third kappa shape index (κ3) is 5.49. The molecule has 0 saturated carbocycles. The van der Waals surface area contributed by atoms with Crippen molar-refractivity contribution in [2.45, 2.75) is 18.8 Å². The Morgan fingerprint density at radius 3 is 2.35 bits per heavy atom. The third-order valence-electron chi connectivity index (χ3n) is 5.33. The summed E-state index contributed by atoms with van der Waals surface area (Å²) in [6.07, 6.45) is -1.69. The van der Waals surface area contributed by atoms with Crippen molar-refractivity contribution in [2.75, 3.05) is 20.6 Å². The van der Waals surface area contributed by atoms with E-state index in [1.54, 1.807) is 29.2 Å². The van der Waals surface area contributed by atoms with Crippen LogP contribution >= 0.6 is 12.4 Å². The molecule has 2 heterocycles. The van der Waals surface area contributed by atoms with Crippen molar-refractivity contribution in [2.24, 2.45) is 0 Å². The van der Waals surface area contributed by atoms with E-state index in [1.165, 1.54) is 22.8 Å². The minimum absolute atomic E-state index is 0. The van der Waals surface area contributed by atoms with Crippen LogP contribution in [0.1, 0.15) is 5.56 Å². The van der Waals surface area contributed by atoms with E-state index in [0.29, 0.717) is 29.9 Å². The Balaban J connectivity index is 0.00000324. The van der Waals surface area contributed by atoms with Gasteiger partial charge < -0.3 is 10.0 Å². The van der Waals surface area contributed by atoms with Crippen LogP contribution in [0.3, 0.4) is 0 Å². The minimum atomic E-state index is -4.40. The molecule has 2 aromatic heterocycles. The summed E-state index contributed by atoms with van der Waals surface area (Å²) >= 11 is 0. The molecule has 2 aromatic carbocycles. The van der Waals surface area contributed by atoms with Gasteiger partial charge in [-0.2, -0.15) is 18.3 Å². The number of hydrogen-bond acceptors (Lipinski definition) is 4. The van der Waals surface area contributed by atoms with E-state index in [-0.39, 0.29) is 18.0 Å². The third-order valence-corrected chi connectivity index (χ3v) is 5.33. The first-order valence-electron chi connectivity index (χ1n) is 10.3. The Labute approximate surface area is 200 Å². The maximum atomic E-state index is 12.8. The van der Waals surface area contributed by atoms with Gasteiger partial charge in [0.05, 0.1) is 29.9 Å². The molecule has 180 valence electrons. The maximum Gasteiger partial charge on any atom is 0.416 e. The molecule has 0 saturated heterocycles. The molecule has 0 aliphatic carbocycles. The van der Waals surface area contributed by atoms with E-state index in [1.807, 2.05) is 31.1 Å². The normalized spacial score (nSPS) is 12.7. The number of alkyl halides is 3. The smallest absolute Gasteiger partial charge is 0.390 e. The van der Waals surface area contributed by atoms with Crippen LogP contribution in [0.15, 0.2) is 71.8 Å². The molecular formula is C24H24ClF3N4O2. The van der Waals surface area contributed by atoms with Crippen LogP contribution in [-0.4, -0.2) is 51.1 Å². The molecule has 1 atom stereocenters. The molecule has 4 aromatic rings. The molecule has 0 radical (unpaired) electrons. The summed E-state index contributed by atoms with van der Waals surface area (Å²) < 4.78 is 41.5. The van der Waals surface area contributed by atoms with Crippen molar-refractivity contribution in [3.8, 4) is 16.8 Å². The maximum absolute atomic E-state index is 12.8. The Bertz CT molecular complexity index is 1330. The number of aliphatic hydroxyl groups is 1. The van der Waals surface area contributed by atoms with E-state index in [9.17, 15) is 23.1 Å². The summed E-state index contributed by atoms with van der Waals surface area (Å²) in [6.45, 7) is 0.864. The Morgan fingerprint density at radius 2 is 1.74 bits per heavy atom. The second kappa shape index (κ2) is 10.0. The molecule has 34 heavy (non-hydrogen) atoms. The fourth-order valence-corrected chi connectivity index (χ4v) is 3.77. The van der Waals surface area contributed by atoms with Crippen molar-refractivity contribution >= 4 is 23.3 Å². The first kappa shape index (κ1) is 25.5. The number of pyridine rings is 1. The average Bonchev–Trinajstić information content (AvgIpc) is 3.14. The van der Waals surface area contributed by atoms with E-state index in [4.69, 9.17) is 0 Å². The summed E-state index contributed by atoms with van der Waals surface area (Å²) in [6, 6.07) is 13.3. The Kier molecular flexibility index (Phi) is 7.50. The number of halogens is 4. The lowest BCUT2D eigenvalue weighted by atomic mass is 10.0. The van der Waals surface area contributed by atoms with Gasteiger partial charge in [0, 0.05) is 29.9 Å². The van der Waals surface area contributed by atoms with E-state index in [2.05, 4.69) is 5.10 Å². The minimum Gasteiger partial charge on any atom is -0.390 e. The van der Waals surface area contributed by atoms with Gasteiger partial charge >= 0.3 is 6.18 Å². The lowest BCUT2D eigenvalue weighted by molar-refractivity contribution is -0.137. The largest absolute Gasteiger partial charge is 0.416 e. The molecule has 6 nitrogen and oxygen atoms in total. The zero-order valence-corrected chi connectivity index (χ0v) is 19.3. The van der Waals surface area contributed by atoms with Gasteiger partial charge in [-0.05, 0) is 61.6 Å². The highest BCUT2D eigenvalue weighted by molar-refractivity contribution is 5.85. The van der Waals surface area contributed by atoms with Crippen LogP contribution in [0.5, 0.6) is 0 Å². The monoisotopic (exact) mass is 492 g/mol. The lowest BCUT2D eigenvalue weighted by Crippen LogP contribution is -2.29. The summed E-state index contributed by atoms with van der Waals surface area (Å²) in [5.74, 6) is 0. The fraction of sp³-hybridized carbons (Fsp3) is 0.250. The highest BCUT2D eigenvalue weighted by Crippen LogP contribution is 2.30. The standard InChI is InChI=1S/C24H23F3N4O2.ClH/c1-29(2)14-21(32)15-31-22-8-7-20(11-18(22)13-28-31)30-10-9-17(12-23(30)33)16-3-5-19(6-4-16)24(25,26)27;/h3-13,21,32H,14-15H2,1-2H3;1H/t21-;/m0./s1. The van der Waals surface area contributed by atoms with Crippen molar-refractivity contribution in [3.63, 3.8) is 0 Å². The Hall–Kier alpha value is -3.14. The molecule has 0 aliphatic rings. The van der Waals surface area contributed by atoms with Gasteiger partial charge in [0.2, 0.25) is 0 Å². The lowest BCUT2D eigenvalue weighted by Gasteiger charge is -2.16. The van der Waals surface area contributed by atoms with Gasteiger partial charge in [-0.25, -0.2) is 0 Å². The number of aromatic nitrogens is 3. The summed E-state index contributed by atoms with van der Waals surface area (Å²) in [7, 11) is 3.77. The number of hydrogen-bond donors (Lipinski definition) is 1. The first-order valence-corrected chi connectivity index (χ1v) is 10.3. The molecule has 0 bridgehead atoms. The van der Waals surface area contributed by atoms with Crippen LogP contribution in [0, 0.1) is 0 Å². The number of likely N-dealkylation sites (N-methyl/N-ethyl adjacent to an activating group) is 1. The SMILES string of the molecule is CN(C)C[C@H](O)Cn1ncc2cc(-n3ccc(-c4ccc(C(F)(F)F)cc4)cc3=O)ccc21.Cl. The van der Waals surface area contributed by atoms with Gasteiger partial charge in [-0.15, -0.1) is 12.4 Å². The van der Waals surface area contributed by atoms with E-state index in [0.717, 1.165) is 23.0 Å². The molecule has 0 amide bonds. The predicted octanol–water partition coefficient (Wildman–Crippen LogP) is 4.22. The quantitative estimate of drug-likeness (QED) is 0.438. The topological polar surface area (TPSA) is 63.3 Å². The molecule has 1 N–H and O–H groups in total. The number of aliphatic hydroxyl groups excluding tert-OH is 1. The highest BCUT2D eigenvalue weighted by Gasteiger charge is 2.30. The van der Waals surface area contributed by atoms with Gasteiger partial charge in [-0.3, -0.25) is 14.0 Å². The second-order valence-corrected chi connectivity index (χ2v) is 8.18. The van der Waals surface area contributed by atoms with Crippen molar-refractivity contribution in [3.05, 3.63) is 82.9 Å². The number of nitrogens with zero attached hydrogens (tertiary/aromatic N) is 4. The Morgan fingerprint density at radius 1 is 1.03 bits per heavy atom. The zero-order chi connectivity index (χ0) is 23.8. The van der Waals surface area contributed by atoms with Crippen LogP contribution in [0.25, 0.3) is 27.7 Å². The summed E-state index contributed by atoms with van der Waals surface area (Å²) in [5, 5.41) is 15.4. The van der Waals surface area contributed by atoms with E-state index < -0.39 is 17.8 Å². The zero-order valence-electron chi connectivity index (χ0n) is 18.5. The van der Waals surface area contributed by atoms with Crippen molar-refractivity contribution in [1.29, 1.82) is 0 Å². The van der Waals surface area contributed by atoms with Crippen molar-refractivity contribution in [1.82, 2.24) is 19.2 Å². The van der Waals surface area contributed by atoms with Crippen molar-refractivity contribution < 1.29 is 18.3 Å². The van der Waals surface area contributed by atoms with Crippen LogP contribution < -0.4 is 5.56 Å².